The zero-order valence-electron chi connectivity index (χ0n) is 12.4. The van der Waals surface area contributed by atoms with Gasteiger partial charge in [-0.15, -0.1) is 11.3 Å². The van der Waals surface area contributed by atoms with Crippen LogP contribution in [0.15, 0.2) is 34.7 Å². The monoisotopic (exact) mass is 398 g/mol. The lowest BCUT2D eigenvalue weighted by atomic mass is 10.1. The summed E-state index contributed by atoms with van der Waals surface area (Å²) in [5.41, 5.74) is -0.499. The Labute approximate surface area is 143 Å². The largest absolute Gasteiger partial charge is 0.464 e. The molecule has 1 aromatic heterocycles. The number of halogens is 4. The van der Waals surface area contributed by atoms with E-state index >= 15 is 0 Å². The predicted octanol–water partition coefficient (Wildman–Crippen LogP) is 2.65. The molecule has 0 saturated heterocycles. The van der Waals surface area contributed by atoms with Crippen molar-refractivity contribution in [3.63, 3.8) is 0 Å². The summed E-state index contributed by atoms with van der Waals surface area (Å²) in [7, 11) is -3.65. The number of rotatable bonds is 5. The van der Waals surface area contributed by atoms with Gasteiger partial charge in [0.25, 0.3) is 10.0 Å². The number of thiazole rings is 1. The summed E-state index contributed by atoms with van der Waals surface area (Å²) in [4.78, 5) is 14.7. The first-order valence-electron chi connectivity index (χ1n) is 6.43. The van der Waals surface area contributed by atoms with Crippen LogP contribution in [0.1, 0.15) is 21.4 Å². The number of alkyl halides is 3. The van der Waals surface area contributed by atoms with E-state index in [0.29, 0.717) is 11.3 Å². The average molecular weight is 398 g/mol. The van der Waals surface area contributed by atoms with Crippen molar-refractivity contribution in [2.75, 3.05) is 7.11 Å². The van der Waals surface area contributed by atoms with Crippen LogP contribution in [-0.4, -0.2) is 32.7 Å². The van der Waals surface area contributed by atoms with Crippen LogP contribution in [0.4, 0.5) is 17.6 Å². The Kier molecular flexibility index (Phi) is 5.44. The molecule has 0 aliphatic heterocycles. The Hall–Kier alpha value is -2.05. The van der Waals surface area contributed by atoms with Gasteiger partial charge in [-0.25, -0.2) is 22.6 Å². The second-order valence-electron chi connectivity index (χ2n) is 4.63. The number of methoxy groups -OCH3 is 1. The van der Waals surface area contributed by atoms with E-state index in [0.717, 1.165) is 36.8 Å². The lowest BCUT2D eigenvalue weighted by Gasteiger charge is -2.21. The van der Waals surface area contributed by atoms with Crippen molar-refractivity contribution in [3.05, 3.63) is 46.0 Å². The van der Waals surface area contributed by atoms with Crippen molar-refractivity contribution in [1.82, 2.24) is 9.71 Å². The van der Waals surface area contributed by atoms with Gasteiger partial charge in [-0.2, -0.15) is 17.9 Å². The summed E-state index contributed by atoms with van der Waals surface area (Å²) in [6.07, 6.45) is -4.98. The van der Waals surface area contributed by atoms with Crippen molar-refractivity contribution in [2.24, 2.45) is 0 Å². The highest BCUT2D eigenvalue weighted by atomic mass is 32.2. The summed E-state index contributed by atoms with van der Waals surface area (Å²) in [6, 6.07) is 0.580. The van der Waals surface area contributed by atoms with Gasteiger partial charge in [0.1, 0.15) is 11.9 Å². The van der Waals surface area contributed by atoms with E-state index in [4.69, 9.17) is 0 Å². The van der Waals surface area contributed by atoms with E-state index in [1.54, 1.807) is 0 Å². The SMILES string of the molecule is COC(=O)c1nc(S(=O)(=O)NC(c2ccc(F)cc2)C(F)(F)F)cs1. The van der Waals surface area contributed by atoms with Crippen molar-refractivity contribution >= 4 is 27.3 Å². The number of benzene rings is 1. The van der Waals surface area contributed by atoms with E-state index < -0.39 is 44.6 Å². The number of sulfonamides is 1. The van der Waals surface area contributed by atoms with E-state index in [1.165, 1.54) is 4.72 Å². The minimum absolute atomic E-state index is 0.326. The van der Waals surface area contributed by atoms with Gasteiger partial charge in [-0.3, -0.25) is 0 Å². The van der Waals surface area contributed by atoms with Gasteiger partial charge in [0.15, 0.2) is 5.03 Å². The van der Waals surface area contributed by atoms with Crippen molar-refractivity contribution in [2.45, 2.75) is 17.2 Å². The van der Waals surface area contributed by atoms with E-state index in [1.807, 2.05) is 0 Å². The molecule has 25 heavy (non-hydrogen) atoms. The molecule has 2 aromatic rings. The Morgan fingerprint density at radius 2 is 1.88 bits per heavy atom. The number of carbonyl (C=O) groups is 1. The Morgan fingerprint density at radius 1 is 1.28 bits per heavy atom. The van der Waals surface area contributed by atoms with Crippen LogP contribution in [-0.2, 0) is 14.8 Å². The van der Waals surface area contributed by atoms with Crippen LogP contribution in [0.5, 0.6) is 0 Å². The Morgan fingerprint density at radius 3 is 2.40 bits per heavy atom. The molecule has 0 fully saturated rings. The highest BCUT2D eigenvalue weighted by Crippen LogP contribution is 2.34. The van der Waals surface area contributed by atoms with Crippen LogP contribution < -0.4 is 4.72 Å². The van der Waals surface area contributed by atoms with Crippen molar-refractivity contribution in [1.29, 1.82) is 0 Å². The first-order valence-corrected chi connectivity index (χ1v) is 8.79. The number of carbonyl (C=O) groups excluding carboxylic acids is 1. The van der Waals surface area contributed by atoms with Crippen molar-refractivity contribution in [3.8, 4) is 0 Å². The maximum absolute atomic E-state index is 13.2. The molecule has 0 aliphatic rings. The van der Waals surface area contributed by atoms with Crippen molar-refractivity contribution < 1.29 is 35.5 Å². The topological polar surface area (TPSA) is 85.4 Å². The molecular weight excluding hydrogens is 388 g/mol. The van der Waals surface area contributed by atoms with Crippen LogP contribution in [0.25, 0.3) is 0 Å². The molecule has 12 heteroatoms. The quantitative estimate of drug-likeness (QED) is 0.618. The summed E-state index contributed by atoms with van der Waals surface area (Å²) in [6.45, 7) is 0. The molecule has 136 valence electrons. The van der Waals surface area contributed by atoms with Gasteiger partial charge in [-0.1, -0.05) is 12.1 Å². The maximum Gasteiger partial charge on any atom is 0.408 e. The van der Waals surface area contributed by atoms with Gasteiger partial charge in [0.2, 0.25) is 5.01 Å². The number of nitrogens with one attached hydrogen (secondary N) is 1. The summed E-state index contributed by atoms with van der Waals surface area (Å²) >= 11 is 0.606. The fourth-order valence-corrected chi connectivity index (χ4v) is 3.97. The molecule has 0 bridgehead atoms. The summed E-state index contributed by atoms with van der Waals surface area (Å²) in [5, 5.41) is -0.172. The molecule has 0 spiro atoms. The minimum atomic E-state index is -4.98. The average Bonchev–Trinajstić information content (AvgIpc) is 3.03. The molecule has 0 radical (unpaired) electrons. The number of ether oxygens (including phenoxy) is 1. The first kappa shape index (κ1) is 19.3. The standard InChI is InChI=1S/C13H10F4N2O4S2/c1-23-12(20)11-18-9(6-24-11)25(21,22)19-10(13(15,16)17)7-2-4-8(14)5-3-7/h2-6,10,19H,1H3. The highest BCUT2D eigenvalue weighted by molar-refractivity contribution is 7.89. The molecule has 2 rings (SSSR count). The number of hydrogen-bond acceptors (Lipinski definition) is 6. The smallest absolute Gasteiger partial charge is 0.408 e. The maximum atomic E-state index is 13.2. The molecule has 1 atom stereocenters. The molecule has 1 unspecified atom stereocenters. The molecule has 0 amide bonds. The second-order valence-corrected chi connectivity index (χ2v) is 7.15. The highest BCUT2D eigenvalue weighted by Gasteiger charge is 2.44. The summed E-state index contributed by atoms with van der Waals surface area (Å²) in [5.74, 6) is -1.69. The second kappa shape index (κ2) is 7.06. The number of nitrogens with zero attached hydrogens (tertiary/aromatic N) is 1. The van der Waals surface area contributed by atoms with Crippen LogP contribution >= 0.6 is 11.3 Å². The van der Waals surface area contributed by atoms with E-state index in [9.17, 15) is 30.8 Å². The number of hydrogen-bond donors (Lipinski definition) is 1. The fraction of sp³-hybridized carbons (Fsp3) is 0.231. The molecule has 6 nitrogen and oxygen atoms in total. The normalized spacial score (nSPS) is 13.5. The zero-order valence-corrected chi connectivity index (χ0v) is 14.0. The van der Waals surface area contributed by atoms with Gasteiger partial charge < -0.3 is 4.74 Å². The molecular formula is C13H10F4N2O4S2. The lowest BCUT2D eigenvalue weighted by Crippen LogP contribution is -2.38. The number of aromatic nitrogens is 1. The first-order chi connectivity index (χ1) is 11.5. The Bertz CT molecular complexity index is 863. The Balaban J connectivity index is 2.35. The van der Waals surface area contributed by atoms with Gasteiger partial charge in [0.05, 0.1) is 7.11 Å². The van der Waals surface area contributed by atoms with Gasteiger partial charge >= 0.3 is 12.1 Å². The van der Waals surface area contributed by atoms with Gasteiger partial charge in [0, 0.05) is 5.38 Å². The van der Waals surface area contributed by atoms with Crippen LogP contribution in [0.3, 0.4) is 0 Å². The molecule has 0 aliphatic carbocycles. The third kappa shape index (κ3) is 4.52. The third-order valence-corrected chi connectivity index (χ3v) is 5.20. The van der Waals surface area contributed by atoms with E-state index in [2.05, 4.69) is 9.72 Å². The molecule has 1 N–H and O–H groups in total. The lowest BCUT2D eigenvalue weighted by molar-refractivity contribution is -0.153. The predicted molar refractivity (Wildman–Crippen MR) is 79.0 cm³/mol. The molecule has 1 aromatic carbocycles. The zero-order chi connectivity index (χ0) is 18.8. The van der Waals surface area contributed by atoms with E-state index in [-0.39, 0.29) is 5.01 Å². The summed E-state index contributed by atoms with van der Waals surface area (Å²) < 4.78 is 82.7. The van der Waals surface area contributed by atoms with Gasteiger partial charge in [-0.05, 0) is 17.7 Å². The van der Waals surface area contributed by atoms with Crippen LogP contribution in [0, 0.1) is 5.82 Å². The number of esters is 1. The fourth-order valence-electron chi connectivity index (χ4n) is 1.76. The molecule has 1 heterocycles. The van der Waals surface area contributed by atoms with Crippen LogP contribution in [0.2, 0.25) is 0 Å². The third-order valence-electron chi connectivity index (χ3n) is 2.92. The molecule has 0 saturated carbocycles. The minimum Gasteiger partial charge on any atom is -0.464 e.